The number of nitrogens with zero attached hydrogens (tertiary/aromatic N) is 2. The number of thiazole rings is 1. The van der Waals surface area contributed by atoms with Crippen LogP contribution in [0.3, 0.4) is 0 Å². The minimum atomic E-state index is -0.257. The van der Waals surface area contributed by atoms with E-state index in [2.05, 4.69) is 36.2 Å². The normalized spacial score (nSPS) is 14.5. The highest BCUT2D eigenvalue weighted by molar-refractivity contribution is 7.18. The number of hydrogen-bond acceptors (Lipinski definition) is 3. The summed E-state index contributed by atoms with van der Waals surface area (Å²) in [6, 6.07) is 8.74. The van der Waals surface area contributed by atoms with Crippen molar-refractivity contribution in [2.24, 2.45) is 5.41 Å². The molecule has 0 saturated heterocycles. The third kappa shape index (κ3) is 2.48. The molecule has 0 spiro atoms. The van der Waals surface area contributed by atoms with Gasteiger partial charge in [0.15, 0.2) is 0 Å². The van der Waals surface area contributed by atoms with E-state index in [1.807, 2.05) is 13.8 Å². The maximum absolute atomic E-state index is 9.20. The van der Waals surface area contributed by atoms with Gasteiger partial charge in [0, 0.05) is 0 Å². The highest BCUT2D eigenvalue weighted by Crippen LogP contribution is 2.28. The van der Waals surface area contributed by atoms with E-state index in [4.69, 9.17) is 0 Å². The van der Waals surface area contributed by atoms with Crippen LogP contribution in [0.2, 0.25) is 0 Å². The summed E-state index contributed by atoms with van der Waals surface area (Å²) >= 11 is 1.71. The first-order valence-corrected chi connectivity index (χ1v) is 6.65. The fourth-order valence-corrected chi connectivity index (χ4v) is 2.78. The maximum atomic E-state index is 9.20. The van der Waals surface area contributed by atoms with E-state index >= 15 is 0 Å². The van der Waals surface area contributed by atoms with Gasteiger partial charge in [0.1, 0.15) is 0 Å². The molecule has 2 rings (SSSR count). The Hall–Kier alpha value is -1.40. The Bertz CT molecular complexity index is 579. The Morgan fingerprint density at radius 1 is 1.47 bits per heavy atom. The first kappa shape index (κ1) is 12.1. The molecule has 1 aromatic heterocycles. The molecule has 0 fully saturated rings. The standard InChI is InChI=1S/C14H16N2S/c1-4-14(3,9-15)8-11-5-6-12-13(7-11)17-10(2)16-12/h5-7H,4,8H2,1-3H3. The van der Waals surface area contributed by atoms with Crippen LogP contribution < -0.4 is 0 Å². The molecule has 2 aromatic rings. The Labute approximate surface area is 106 Å². The van der Waals surface area contributed by atoms with Crippen molar-refractivity contribution in [3.63, 3.8) is 0 Å². The van der Waals surface area contributed by atoms with Crippen LogP contribution >= 0.6 is 11.3 Å². The largest absolute Gasteiger partial charge is 0.242 e. The molecule has 1 atom stereocenters. The van der Waals surface area contributed by atoms with Gasteiger partial charge in [-0.2, -0.15) is 5.26 Å². The molecule has 3 heteroatoms. The highest BCUT2D eigenvalue weighted by Gasteiger charge is 2.21. The first-order chi connectivity index (χ1) is 8.06. The van der Waals surface area contributed by atoms with Gasteiger partial charge in [0.25, 0.3) is 0 Å². The molecule has 1 heterocycles. The van der Waals surface area contributed by atoms with Crippen LogP contribution in [0, 0.1) is 23.7 Å². The minimum Gasteiger partial charge on any atom is -0.242 e. The minimum absolute atomic E-state index is 0.257. The molecule has 0 aliphatic heterocycles. The molecule has 0 N–H and O–H groups in total. The summed E-state index contributed by atoms with van der Waals surface area (Å²) in [5, 5.41) is 10.3. The number of fused-ring (bicyclic) bond motifs is 1. The van der Waals surface area contributed by atoms with E-state index in [0.717, 1.165) is 23.4 Å². The molecule has 17 heavy (non-hydrogen) atoms. The number of aromatic nitrogens is 1. The summed E-state index contributed by atoms with van der Waals surface area (Å²) in [5.41, 5.74) is 2.03. The lowest BCUT2D eigenvalue weighted by Gasteiger charge is -2.18. The number of rotatable bonds is 3. The summed E-state index contributed by atoms with van der Waals surface area (Å²) in [7, 11) is 0. The second kappa shape index (κ2) is 4.46. The molecule has 0 aliphatic carbocycles. The fraction of sp³-hybridized carbons (Fsp3) is 0.429. The number of nitriles is 1. The van der Waals surface area contributed by atoms with Crippen LogP contribution in [0.5, 0.6) is 0 Å². The fourth-order valence-electron chi connectivity index (χ4n) is 1.89. The monoisotopic (exact) mass is 244 g/mol. The molecular weight excluding hydrogens is 228 g/mol. The van der Waals surface area contributed by atoms with E-state index in [1.165, 1.54) is 10.3 Å². The Balaban J connectivity index is 2.34. The van der Waals surface area contributed by atoms with Crippen LogP contribution in [-0.2, 0) is 6.42 Å². The van der Waals surface area contributed by atoms with E-state index in [0.29, 0.717) is 0 Å². The average molecular weight is 244 g/mol. The van der Waals surface area contributed by atoms with Crippen LogP contribution in [-0.4, -0.2) is 4.98 Å². The molecule has 0 aliphatic rings. The molecular formula is C14H16N2S. The molecule has 88 valence electrons. The van der Waals surface area contributed by atoms with Crippen molar-refractivity contribution in [2.75, 3.05) is 0 Å². The quantitative estimate of drug-likeness (QED) is 0.815. The first-order valence-electron chi connectivity index (χ1n) is 5.83. The summed E-state index contributed by atoms with van der Waals surface area (Å²) in [6.07, 6.45) is 1.69. The van der Waals surface area contributed by atoms with Gasteiger partial charge in [-0.3, -0.25) is 0 Å². The van der Waals surface area contributed by atoms with Gasteiger partial charge in [-0.1, -0.05) is 13.0 Å². The van der Waals surface area contributed by atoms with E-state index in [-0.39, 0.29) is 5.41 Å². The number of aryl methyl sites for hydroxylation is 1. The molecule has 0 amide bonds. The summed E-state index contributed by atoms with van der Waals surface area (Å²) < 4.78 is 1.22. The number of hydrogen-bond donors (Lipinski definition) is 0. The van der Waals surface area contributed by atoms with Gasteiger partial charge in [0.05, 0.1) is 26.7 Å². The Morgan fingerprint density at radius 3 is 2.88 bits per heavy atom. The number of benzene rings is 1. The van der Waals surface area contributed by atoms with Crippen molar-refractivity contribution in [2.45, 2.75) is 33.6 Å². The topological polar surface area (TPSA) is 36.7 Å². The van der Waals surface area contributed by atoms with Crippen molar-refractivity contribution in [1.82, 2.24) is 4.98 Å². The lowest BCUT2D eigenvalue weighted by molar-refractivity contribution is 0.423. The zero-order valence-electron chi connectivity index (χ0n) is 10.4. The van der Waals surface area contributed by atoms with Gasteiger partial charge >= 0.3 is 0 Å². The molecule has 1 aromatic carbocycles. The zero-order chi connectivity index (χ0) is 12.5. The van der Waals surface area contributed by atoms with E-state index in [1.54, 1.807) is 11.3 Å². The molecule has 0 saturated carbocycles. The molecule has 2 nitrogen and oxygen atoms in total. The predicted octanol–water partition coefficient (Wildman–Crippen LogP) is 4.09. The third-order valence-electron chi connectivity index (χ3n) is 3.20. The predicted molar refractivity (Wildman–Crippen MR) is 72.1 cm³/mol. The molecule has 0 bridgehead atoms. The van der Waals surface area contributed by atoms with E-state index in [9.17, 15) is 5.26 Å². The second-order valence-corrected chi connectivity index (χ2v) is 5.97. The molecule has 0 radical (unpaired) electrons. The van der Waals surface area contributed by atoms with Gasteiger partial charge in [-0.05, 0) is 44.4 Å². The van der Waals surface area contributed by atoms with Crippen LogP contribution in [0.4, 0.5) is 0 Å². The van der Waals surface area contributed by atoms with Crippen LogP contribution in [0.1, 0.15) is 30.8 Å². The highest BCUT2D eigenvalue weighted by atomic mass is 32.1. The average Bonchev–Trinajstić information content (AvgIpc) is 2.68. The van der Waals surface area contributed by atoms with Gasteiger partial charge < -0.3 is 0 Å². The Morgan fingerprint density at radius 2 is 2.24 bits per heavy atom. The summed E-state index contributed by atoms with van der Waals surface area (Å²) in [5.74, 6) is 0. The Kier molecular flexibility index (Phi) is 3.17. The smallest absolute Gasteiger partial charge is 0.0907 e. The SMILES string of the molecule is CCC(C)(C#N)Cc1ccc2nc(C)sc2c1. The van der Waals surface area contributed by atoms with Crippen molar-refractivity contribution in [1.29, 1.82) is 5.26 Å². The van der Waals surface area contributed by atoms with Crippen LogP contribution in [0.25, 0.3) is 10.2 Å². The van der Waals surface area contributed by atoms with Crippen molar-refractivity contribution in [3.8, 4) is 6.07 Å². The summed E-state index contributed by atoms with van der Waals surface area (Å²) in [6.45, 7) is 6.11. The van der Waals surface area contributed by atoms with Crippen molar-refractivity contribution in [3.05, 3.63) is 28.8 Å². The molecule has 1 unspecified atom stereocenters. The van der Waals surface area contributed by atoms with E-state index < -0.39 is 0 Å². The third-order valence-corrected chi connectivity index (χ3v) is 4.14. The van der Waals surface area contributed by atoms with Gasteiger partial charge in [-0.15, -0.1) is 11.3 Å². The van der Waals surface area contributed by atoms with Crippen molar-refractivity contribution < 1.29 is 0 Å². The maximum Gasteiger partial charge on any atom is 0.0907 e. The summed E-state index contributed by atoms with van der Waals surface area (Å²) in [4.78, 5) is 4.44. The van der Waals surface area contributed by atoms with Gasteiger partial charge in [0.2, 0.25) is 0 Å². The second-order valence-electron chi connectivity index (χ2n) is 4.74. The van der Waals surface area contributed by atoms with Crippen molar-refractivity contribution >= 4 is 21.6 Å². The lowest BCUT2D eigenvalue weighted by Crippen LogP contribution is -2.15. The lowest BCUT2D eigenvalue weighted by atomic mass is 9.83. The zero-order valence-corrected chi connectivity index (χ0v) is 11.3. The van der Waals surface area contributed by atoms with Gasteiger partial charge in [-0.25, -0.2) is 4.98 Å². The van der Waals surface area contributed by atoms with Crippen LogP contribution in [0.15, 0.2) is 18.2 Å².